The zero-order valence-corrected chi connectivity index (χ0v) is 14.7. The molecule has 0 spiro atoms. The van der Waals surface area contributed by atoms with Crippen LogP contribution in [0.3, 0.4) is 0 Å². The second-order valence-electron chi connectivity index (χ2n) is 5.51. The highest BCUT2D eigenvalue weighted by atomic mass is 19.1. The molecule has 0 radical (unpaired) electrons. The van der Waals surface area contributed by atoms with Gasteiger partial charge in [-0.1, -0.05) is 30.3 Å². The van der Waals surface area contributed by atoms with E-state index in [4.69, 9.17) is 9.47 Å². The Morgan fingerprint density at radius 3 is 2.48 bits per heavy atom. The lowest BCUT2D eigenvalue weighted by atomic mass is 10.2. The fourth-order valence-electron chi connectivity index (χ4n) is 2.06. The second kappa shape index (κ2) is 9.91. The molecule has 0 aliphatic heterocycles. The monoisotopic (exact) mass is 374 g/mol. The fraction of sp³-hybridized carbons (Fsp3) is 0.211. The van der Waals surface area contributed by atoms with Gasteiger partial charge >= 0.3 is 12.0 Å². The minimum atomic E-state index is -0.927. The molecule has 2 aromatic carbocycles. The van der Waals surface area contributed by atoms with Crippen LogP contribution in [0.5, 0.6) is 5.75 Å². The van der Waals surface area contributed by atoms with Crippen LogP contribution >= 0.6 is 0 Å². The fourth-order valence-corrected chi connectivity index (χ4v) is 2.06. The van der Waals surface area contributed by atoms with Gasteiger partial charge in [0.15, 0.2) is 6.61 Å². The van der Waals surface area contributed by atoms with E-state index in [1.807, 2.05) is 30.4 Å². The number of carbonyl (C=O) groups is 3. The van der Waals surface area contributed by atoms with Gasteiger partial charge in [-0.25, -0.2) is 9.18 Å². The van der Waals surface area contributed by atoms with Gasteiger partial charge in [-0.2, -0.15) is 0 Å². The van der Waals surface area contributed by atoms with Crippen LogP contribution in [0.25, 0.3) is 0 Å². The molecule has 0 aliphatic carbocycles. The summed E-state index contributed by atoms with van der Waals surface area (Å²) in [6, 6.07) is 11.9. The lowest BCUT2D eigenvalue weighted by molar-refractivity contribution is -0.148. The smallest absolute Gasteiger partial charge is 0.326 e. The molecule has 2 aromatic rings. The van der Waals surface area contributed by atoms with Crippen molar-refractivity contribution >= 4 is 23.6 Å². The number of halogens is 1. The van der Waals surface area contributed by atoms with Gasteiger partial charge in [0, 0.05) is 0 Å². The van der Waals surface area contributed by atoms with Crippen molar-refractivity contribution in [3.05, 3.63) is 59.9 Å². The van der Waals surface area contributed by atoms with Crippen molar-refractivity contribution < 1.29 is 28.2 Å². The summed E-state index contributed by atoms with van der Waals surface area (Å²) in [4.78, 5) is 34.8. The van der Waals surface area contributed by atoms with Crippen molar-refractivity contribution in [3.8, 4) is 5.75 Å². The number of para-hydroxylation sites is 2. The van der Waals surface area contributed by atoms with E-state index in [0.29, 0.717) is 5.75 Å². The number of hydrogen-bond acceptors (Lipinski definition) is 5. The van der Waals surface area contributed by atoms with E-state index < -0.39 is 30.3 Å². The first-order valence-electron chi connectivity index (χ1n) is 8.15. The highest BCUT2D eigenvalue weighted by Crippen LogP contribution is 2.16. The van der Waals surface area contributed by atoms with Crippen LogP contribution in [0.1, 0.15) is 12.0 Å². The number of amides is 3. The molecule has 27 heavy (non-hydrogen) atoms. The van der Waals surface area contributed by atoms with Gasteiger partial charge in [0.2, 0.25) is 0 Å². The number of benzene rings is 2. The molecular formula is C19H19FN2O5. The van der Waals surface area contributed by atoms with Crippen molar-refractivity contribution in [2.24, 2.45) is 0 Å². The Hall–Kier alpha value is -3.42. The van der Waals surface area contributed by atoms with E-state index in [0.717, 1.165) is 11.6 Å². The zero-order chi connectivity index (χ0) is 19.6. The number of aryl methyl sites for hydroxylation is 1. The van der Waals surface area contributed by atoms with Crippen molar-refractivity contribution in [1.29, 1.82) is 0 Å². The summed E-state index contributed by atoms with van der Waals surface area (Å²) >= 11 is 0. The molecule has 0 unspecified atom stereocenters. The standard InChI is InChI=1S/C19H19FN2O5/c1-13-6-2-5-9-16(13)26-11-10-18(24)27-12-17(23)22-19(25)21-15-8-4-3-7-14(15)20/h2-9H,10-12H2,1H3,(H2,21,22,23,25). The molecule has 142 valence electrons. The Morgan fingerprint density at radius 1 is 1.04 bits per heavy atom. The SMILES string of the molecule is Cc1ccccc1OCCC(=O)OCC(=O)NC(=O)Nc1ccccc1F. The van der Waals surface area contributed by atoms with Crippen molar-refractivity contribution in [2.75, 3.05) is 18.5 Å². The van der Waals surface area contributed by atoms with Gasteiger partial charge in [0.1, 0.15) is 11.6 Å². The molecule has 3 amide bonds. The molecule has 2 N–H and O–H groups in total. The predicted molar refractivity (Wildman–Crippen MR) is 95.8 cm³/mol. The molecule has 0 aliphatic rings. The van der Waals surface area contributed by atoms with E-state index in [2.05, 4.69) is 5.32 Å². The number of hydrogen-bond donors (Lipinski definition) is 2. The van der Waals surface area contributed by atoms with E-state index in [1.54, 1.807) is 6.07 Å². The summed E-state index contributed by atoms with van der Waals surface area (Å²) in [6.07, 6.45) is -0.0525. The zero-order valence-electron chi connectivity index (χ0n) is 14.7. The molecule has 2 rings (SSSR count). The molecule has 7 nitrogen and oxygen atoms in total. The second-order valence-corrected chi connectivity index (χ2v) is 5.51. The third-order valence-corrected chi connectivity index (χ3v) is 3.40. The first-order chi connectivity index (χ1) is 13.0. The molecule has 0 fully saturated rings. The molecular weight excluding hydrogens is 355 g/mol. The molecule has 0 saturated heterocycles. The average molecular weight is 374 g/mol. The molecule has 0 saturated carbocycles. The number of esters is 1. The minimum absolute atomic E-state index is 0.0525. The molecule has 0 heterocycles. The summed E-state index contributed by atoms with van der Waals surface area (Å²) in [5.74, 6) is -1.46. The average Bonchev–Trinajstić information content (AvgIpc) is 2.63. The number of rotatable bonds is 7. The summed E-state index contributed by atoms with van der Waals surface area (Å²) in [5, 5.41) is 4.12. The Morgan fingerprint density at radius 2 is 1.74 bits per heavy atom. The van der Waals surface area contributed by atoms with Crippen LogP contribution in [-0.2, 0) is 14.3 Å². The molecule has 0 aromatic heterocycles. The number of urea groups is 1. The van der Waals surface area contributed by atoms with E-state index >= 15 is 0 Å². The van der Waals surface area contributed by atoms with Gasteiger partial charge in [0.05, 0.1) is 18.7 Å². The van der Waals surface area contributed by atoms with Gasteiger partial charge in [-0.15, -0.1) is 0 Å². The number of ether oxygens (including phenoxy) is 2. The van der Waals surface area contributed by atoms with Gasteiger partial charge in [0.25, 0.3) is 5.91 Å². The van der Waals surface area contributed by atoms with Crippen LogP contribution < -0.4 is 15.4 Å². The Labute approximate surface area is 155 Å². The maximum absolute atomic E-state index is 13.4. The van der Waals surface area contributed by atoms with Crippen LogP contribution in [0.15, 0.2) is 48.5 Å². The third kappa shape index (κ3) is 6.77. The lowest BCUT2D eigenvalue weighted by Gasteiger charge is -2.09. The molecule has 0 atom stereocenters. The quantitative estimate of drug-likeness (QED) is 0.727. The van der Waals surface area contributed by atoms with Gasteiger partial charge in [-0.05, 0) is 30.7 Å². The number of carbonyl (C=O) groups excluding carboxylic acids is 3. The third-order valence-electron chi connectivity index (χ3n) is 3.40. The van der Waals surface area contributed by atoms with E-state index in [1.165, 1.54) is 18.2 Å². The summed E-state index contributed by atoms with van der Waals surface area (Å²) in [6.45, 7) is 1.34. The Bertz CT molecular complexity index is 825. The van der Waals surface area contributed by atoms with Gasteiger partial charge < -0.3 is 14.8 Å². The molecule has 0 bridgehead atoms. The van der Waals surface area contributed by atoms with Crippen LogP contribution in [-0.4, -0.2) is 31.1 Å². The van der Waals surface area contributed by atoms with Crippen LogP contribution in [0.4, 0.5) is 14.9 Å². The summed E-state index contributed by atoms with van der Waals surface area (Å²) in [5.41, 5.74) is 0.860. The number of anilines is 1. The minimum Gasteiger partial charge on any atom is -0.493 e. The number of imide groups is 1. The van der Waals surface area contributed by atoms with E-state index in [9.17, 15) is 18.8 Å². The highest BCUT2D eigenvalue weighted by Gasteiger charge is 2.12. The van der Waals surface area contributed by atoms with Crippen LogP contribution in [0, 0.1) is 12.7 Å². The largest absolute Gasteiger partial charge is 0.493 e. The predicted octanol–water partition coefficient (Wildman–Crippen LogP) is 2.79. The van der Waals surface area contributed by atoms with Crippen molar-refractivity contribution in [2.45, 2.75) is 13.3 Å². The highest BCUT2D eigenvalue weighted by molar-refractivity contribution is 6.01. The maximum atomic E-state index is 13.4. The summed E-state index contributed by atoms with van der Waals surface area (Å²) < 4.78 is 23.6. The Kier molecular flexibility index (Phi) is 7.30. The number of nitrogens with one attached hydrogen (secondary N) is 2. The first-order valence-corrected chi connectivity index (χ1v) is 8.15. The topological polar surface area (TPSA) is 93.7 Å². The Balaban J connectivity index is 1.66. The lowest BCUT2D eigenvalue weighted by Crippen LogP contribution is -2.37. The normalized spacial score (nSPS) is 10.0. The van der Waals surface area contributed by atoms with Gasteiger partial charge in [-0.3, -0.25) is 14.9 Å². The van der Waals surface area contributed by atoms with E-state index in [-0.39, 0.29) is 18.7 Å². The molecule has 8 heteroatoms. The first kappa shape index (κ1) is 19.9. The van der Waals surface area contributed by atoms with Crippen molar-refractivity contribution in [3.63, 3.8) is 0 Å². The van der Waals surface area contributed by atoms with Crippen molar-refractivity contribution in [1.82, 2.24) is 5.32 Å². The van der Waals surface area contributed by atoms with Crippen LogP contribution in [0.2, 0.25) is 0 Å². The summed E-state index contributed by atoms with van der Waals surface area (Å²) in [7, 11) is 0. The maximum Gasteiger partial charge on any atom is 0.326 e.